The lowest BCUT2D eigenvalue weighted by Gasteiger charge is -2.22. The molecule has 4 rings (SSSR count). The highest BCUT2D eigenvalue weighted by Crippen LogP contribution is 2.21. The predicted octanol–water partition coefficient (Wildman–Crippen LogP) is 3.83. The fourth-order valence-corrected chi connectivity index (χ4v) is 5.26. The van der Waals surface area contributed by atoms with Crippen molar-refractivity contribution in [2.45, 2.75) is 11.3 Å². The third-order valence-electron chi connectivity index (χ3n) is 5.61. The summed E-state index contributed by atoms with van der Waals surface area (Å²) in [6, 6.07) is 22.2. The number of hydrogen-bond acceptors (Lipinski definition) is 5. The number of aromatic nitrogens is 1. The maximum Gasteiger partial charge on any atom is 0.339 e. The average molecular weight is 492 g/mol. The van der Waals surface area contributed by atoms with Gasteiger partial charge in [0, 0.05) is 23.6 Å². The van der Waals surface area contributed by atoms with Crippen LogP contribution in [0.25, 0.3) is 10.9 Å². The van der Waals surface area contributed by atoms with Crippen molar-refractivity contribution in [3.05, 3.63) is 96.2 Å². The van der Waals surface area contributed by atoms with E-state index < -0.39 is 28.4 Å². The number of amides is 1. The summed E-state index contributed by atoms with van der Waals surface area (Å²) in [5, 5.41) is 3.65. The van der Waals surface area contributed by atoms with Gasteiger partial charge in [-0.25, -0.2) is 13.2 Å². The molecule has 9 heteroatoms. The van der Waals surface area contributed by atoms with Crippen LogP contribution in [0.4, 0.5) is 5.69 Å². The molecule has 1 aromatic heterocycles. The highest BCUT2D eigenvalue weighted by molar-refractivity contribution is 7.89. The zero-order valence-electron chi connectivity index (χ0n) is 19.1. The van der Waals surface area contributed by atoms with Gasteiger partial charge in [-0.05, 0) is 42.3 Å². The Kier molecular flexibility index (Phi) is 7.28. The summed E-state index contributed by atoms with van der Waals surface area (Å²) in [7, 11) is -2.71. The zero-order valence-corrected chi connectivity index (χ0v) is 19.9. The van der Waals surface area contributed by atoms with Crippen molar-refractivity contribution in [1.82, 2.24) is 9.29 Å². The lowest BCUT2D eigenvalue weighted by molar-refractivity contribution is -0.116. The van der Waals surface area contributed by atoms with Crippen molar-refractivity contribution in [1.29, 1.82) is 0 Å². The van der Waals surface area contributed by atoms with Crippen molar-refractivity contribution < 1.29 is 22.7 Å². The topological polar surface area (TPSA) is 109 Å². The van der Waals surface area contributed by atoms with Crippen LogP contribution in [0.15, 0.2) is 90.0 Å². The van der Waals surface area contributed by atoms with Gasteiger partial charge in [-0.15, -0.1) is 0 Å². The molecule has 2 N–H and O–H groups in total. The molecule has 0 atom stereocenters. The molecule has 0 aliphatic carbocycles. The van der Waals surface area contributed by atoms with Gasteiger partial charge in [0.2, 0.25) is 15.9 Å². The molecular weight excluding hydrogens is 466 g/mol. The second kappa shape index (κ2) is 10.5. The number of H-pyrrole nitrogens is 1. The fourth-order valence-electron chi connectivity index (χ4n) is 3.84. The largest absolute Gasteiger partial charge is 0.465 e. The fraction of sp³-hybridized carbons (Fsp3) is 0.154. The molecule has 0 saturated carbocycles. The summed E-state index contributed by atoms with van der Waals surface area (Å²) in [4.78, 5) is 28.3. The van der Waals surface area contributed by atoms with Crippen molar-refractivity contribution in [2.75, 3.05) is 25.5 Å². The average Bonchev–Trinajstić information content (AvgIpc) is 3.30. The number of para-hydroxylation sites is 2. The summed E-state index contributed by atoms with van der Waals surface area (Å²) in [6.07, 6.45) is 2.26. The molecule has 4 aromatic rings. The van der Waals surface area contributed by atoms with E-state index in [1.165, 1.54) is 25.3 Å². The third kappa shape index (κ3) is 5.42. The van der Waals surface area contributed by atoms with Gasteiger partial charge < -0.3 is 15.0 Å². The van der Waals surface area contributed by atoms with E-state index in [1.807, 2.05) is 30.5 Å². The summed E-state index contributed by atoms with van der Waals surface area (Å²) < 4.78 is 32.8. The van der Waals surface area contributed by atoms with Crippen LogP contribution in [-0.4, -0.2) is 49.8 Å². The molecule has 0 fully saturated rings. The van der Waals surface area contributed by atoms with E-state index in [4.69, 9.17) is 4.74 Å². The van der Waals surface area contributed by atoms with Crippen LogP contribution in [0.3, 0.4) is 0 Å². The van der Waals surface area contributed by atoms with E-state index in [0.717, 1.165) is 20.8 Å². The zero-order chi connectivity index (χ0) is 24.8. The molecule has 0 aliphatic heterocycles. The van der Waals surface area contributed by atoms with Crippen LogP contribution in [0.2, 0.25) is 0 Å². The number of hydrogen-bond donors (Lipinski definition) is 2. The summed E-state index contributed by atoms with van der Waals surface area (Å²) in [5.41, 5.74) is 2.33. The predicted molar refractivity (Wildman–Crippen MR) is 134 cm³/mol. The maximum atomic E-state index is 13.4. The first kappa shape index (κ1) is 24.2. The molecule has 1 heterocycles. The molecule has 0 aliphatic rings. The summed E-state index contributed by atoms with van der Waals surface area (Å²) in [5.74, 6) is -1.17. The van der Waals surface area contributed by atoms with Crippen molar-refractivity contribution >= 4 is 38.5 Å². The first-order valence-electron chi connectivity index (χ1n) is 11.0. The number of rotatable bonds is 9. The smallest absolute Gasteiger partial charge is 0.339 e. The quantitative estimate of drug-likeness (QED) is 0.346. The number of sulfonamides is 1. The number of anilines is 1. The standard InChI is InChI=1S/C26H25N3O5S/c1-34-26(31)22-12-6-8-14-24(22)28-25(30)18-29(35(32,33)20-9-3-2-4-10-20)16-15-19-17-27-23-13-7-5-11-21(19)23/h2-14,17,27H,15-16,18H2,1H3,(H,28,30). The molecule has 35 heavy (non-hydrogen) atoms. The normalized spacial score (nSPS) is 11.5. The van der Waals surface area contributed by atoms with Crippen molar-refractivity contribution in [3.8, 4) is 0 Å². The van der Waals surface area contributed by atoms with Crippen LogP contribution in [-0.2, 0) is 26.0 Å². The molecular formula is C26H25N3O5S. The Balaban J connectivity index is 1.58. The SMILES string of the molecule is COC(=O)c1ccccc1NC(=O)CN(CCc1c[nH]c2ccccc12)S(=O)(=O)c1ccccc1. The van der Waals surface area contributed by atoms with E-state index in [0.29, 0.717) is 6.42 Å². The van der Waals surface area contributed by atoms with Gasteiger partial charge in [-0.2, -0.15) is 4.31 Å². The molecule has 0 unspecified atom stereocenters. The van der Waals surface area contributed by atoms with Crippen LogP contribution < -0.4 is 5.32 Å². The molecule has 0 saturated heterocycles. The lowest BCUT2D eigenvalue weighted by atomic mass is 10.1. The maximum absolute atomic E-state index is 13.4. The monoisotopic (exact) mass is 491 g/mol. The first-order chi connectivity index (χ1) is 16.9. The number of methoxy groups -OCH3 is 1. The number of esters is 1. The van der Waals surface area contributed by atoms with E-state index in [1.54, 1.807) is 36.4 Å². The van der Waals surface area contributed by atoms with Crippen LogP contribution in [0, 0.1) is 0 Å². The highest BCUT2D eigenvalue weighted by Gasteiger charge is 2.27. The Morgan fingerprint density at radius 3 is 2.40 bits per heavy atom. The highest BCUT2D eigenvalue weighted by atomic mass is 32.2. The number of carbonyl (C=O) groups is 2. The van der Waals surface area contributed by atoms with Crippen LogP contribution >= 0.6 is 0 Å². The molecule has 0 spiro atoms. The number of aromatic amines is 1. The number of ether oxygens (including phenoxy) is 1. The molecule has 1 amide bonds. The van der Waals surface area contributed by atoms with Crippen molar-refractivity contribution in [2.24, 2.45) is 0 Å². The lowest BCUT2D eigenvalue weighted by Crippen LogP contribution is -2.39. The Labute approximate surface area is 203 Å². The number of benzene rings is 3. The van der Waals surface area contributed by atoms with Crippen LogP contribution in [0.5, 0.6) is 0 Å². The number of carbonyl (C=O) groups excluding carboxylic acids is 2. The molecule has 3 aromatic carbocycles. The van der Waals surface area contributed by atoms with E-state index in [-0.39, 0.29) is 22.7 Å². The Bertz CT molecular complexity index is 1450. The van der Waals surface area contributed by atoms with Gasteiger partial charge in [0.05, 0.1) is 29.8 Å². The molecule has 180 valence electrons. The minimum atomic E-state index is -3.96. The van der Waals surface area contributed by atoms with Crippen LogP contribution in [0.1, 0.15) is 15.9 Å². The number of nitrogens with one attached hydrogen (secondary N) is 2. The Hall–Kier alpha value is -3.95. The van der Waals surface area contributed by atoms with E-state index >= 15 is 0 Å². The minimum Gasteiger partial charge on any atom is -0.465 e. The van der Waals surface area contributed by atoms with E-state index in [9.17, 15) is 18.0 Å². The van der Waals surface area contributed by atoms with Gasteiger partial charge in [0.25, 0.3) is 0 Å². The number of nitrogens with zero attached hydrogens (tertiary/aromatic N) is 1. The Morgan fingerprint density at radius 2 is 1.63 bits per heavy atom. The summed E-state index contributed by atoms with van der Waals surface area (Å²) in [6.45, 7) is -0.333. The minimum absolute atomic E-state index is 0.0884. The molecule has 8 nitrogen and oxygen atoms in total. The van der Waals surface area contributed by atoms with Gasteiger partial charge >= 0.3 is 5.97 Å². The summed E-state index contributed by atoms with van der Waals surface area (Å²) >= 11 is 0. The first-order valence-corrected chi connectivity index (χ1v) is 12.4. The molecule has 0 radical (unpaired) electrons. The van der Waals surface area contributed by atoms with Gasteiger partial charge in [-0.3, -0.25) is 4.79 Å². The van der Waals surface area contributed by atoms with Gasteiger partial charge in [0.1, 0.15) is 0 Å². The van der Waals surface area contributed by atoms with Gasteiger partial charge in [0.15, 0.2) is 0 Å². The van der Waals surface area contributed by atoms with Crippen molar-refractivity contribution in [3.63, 3.8) is 0 Å². The number of fused-ring (bicyclic) bond motifs is 1. The second-order valence-corrected chi connectivity index (χ2v) is 9.78. The third-order valence-corrected chi connectivity index (χ3v) is 7.47. The van der Waals surface area contributed by atoms with Gasteiger partial charge in [-0.1, -0.05) is 48.5 Å². The van der Waals surface area contributed by atoms with E-state index in [2.05, 4.69) is 10.3 Å². The molecule has 0 bridgehead atoms. The Morgan fingerprint density at radius 1 is 0.943 bits per heavy atom. The second-order valence-electron chi connectivity index (χ2n) is 7.85.